The smallest absolute Gasteiger partial charge is 0.0595 e. The zero-order valence-electron chi connectivity index (χ0n) is 12.4. The Bertz CT molecular complexity index is 300. The first-order valence-electron chi connectivity index (χ1n) is 6.72. The van der Waals surface area contributed by atoms with Gasteiger partial charge in [-0.15, -0.1) is 0 Å². The van der Waals surface area contributed by atoms with E-state index >= 15 is 0 Å². The quantitative estimate of drug-likeness (QED) is 0.775. The van der Waals surface area contributed by atoms with Crippen molar-refractivity contribution < 1.29 is 0 Å². The molecular weight excluding hydrogens is 208 g/mol. The molecule has 1 aromatic rings. The normalized spacial score (nSPS) is 10.7. The van der Waals surface area contributed by atoms with Crippen LogP contribution >= 0.6 is 0 Å². The van der Waals surface area contributed by atoms with Gasteiger partial charge in [0, 0.05) is 12.4 Å². The van der Waals surface area contributed by atoms with Crippen molar-refractivity contribution in [3.63, 3.8) is 0 Å². The van der Waals surface area contributed by atoms with Gasteiger partial charge in [-0.1, -0.05) is 54.4 Å². The molecule has 0 aliphatic heterocycles. The summed E-state index contributed by atoms with van der Waals surface area (Å²) in [6.07, 6.45) is 8.16. The zero-order chi connectivity index (χ0) is 13.3. The maximum absolute atomic E-state index is 4.59. The fourth-order valence-corrected chi connectivity index (χ4v) is 1.46. The molecule has 17 heavy (non-hydrogen) atoms. The van der Waals surface area contributed by atoms with Crippen molar-refractivity contribution in [3.8, 4) is 0 Å². The van der Waals surface area contributed by atoms with E-state index in [1.807, 2.05) is 12.4 Å². The molecular formula is C15H28N2. The lowest BCUT2D eigenvalue weighted by Gasteiger charge is -2.17. The van der Waals surface area contributed by atoms with Gasteiger partial charge in [0.25, 0.3) is 0 Å². The second-order valence-electron chi connectivity index (χ2n) is 5.70. The minimum absolute atomic E-state index is 0.291. The minimum Gasteiger partial charge on any atom is -0.261 e. The maximum atomic E-state index is 4.59. The summed E-state index contributed by atoms with van der Waals surface area (Å²) in [5.41, 5.74) is 2.53. The number of hydrogen-bond acceptors (Lipinski definition) is 2. The van der Waals surface area contributed by atoms with Crippen LogP contribution in [0.15, 0.2) is 12.4 Å². The van der Waals surface area contributed by atoms with E-state index in [1.165, 1.54) is 6.42 Å². The van der Waals surface area contributed by atoms with Crippen LogP contribution in [0.25, 0.3) is 0 Å². The highest BCUT2D eigenvalue weighted by Crippen LogP contribution is 2.18. The van der Waals surface area contributed by atoms with E-state index < -0.39 is 0 Å². The third-order valence-corrected chi connectivity index (χ3v) is 1.95. The van der Waals surface area contributed by atoms with Gasteiger partial charge in [0.2, 0.25) is 0 Å². The molecule has 0 bridgehead atoms. The van der Waals surface area contributed by atoms with Gasteiger partial charge < -0.3 is 0 Å². The molecule has 0 saturated heterocycles. The predicted octanol–water partition coefficient (Wildman–Crippen LogP) is 4.43. The molecule has 0 atom stereocenters. The lowest BCUT2D eigenvalue weighted by atomic mass is 9.91. The topological polar surface area (TPSA) is 25.8 Å². The number of rotatable bonds is 3. The van der Waals surface area contributed by atoms with Crippen LogP contribution < -0.4 is 0 Å². The average Bonchev–Trinajstić information content (AvgIpc) is 2.17. The van der Waals surface area contributed by atoms with Crippen LogP contribution in [-0.2, 0) is 12.8 Å². The highest BCUT2D eigenvalue weighted by atomic mass is 14.8. The van der Waals surface area contributed by atoms with E-state index in [0.29, 0.717) is 5.41 Å². The number of hydrogen-bond donors (Lipinski definition) is 0. The minimum atomic E-state index is 0.291. The summed E-state index contributed by atoms with van der Waals surface area (Å²) in [6, 6.07) is 0. The molecule has 98 valence electrons. The molecule has 0 radical (unpaired) electrons. The summed E-state index contributed by atoms with van der Waals surface area (Å²) in [6.45, 7) is 13.1. The number of aryl methyl sites for hydroxylation is 1. The fraction of sp³-hybridized carbons (Fsp3) is 0.733. The molecule has 0 aromatic carbocycles. The highest BCUT2D eigenvalue weighted by molar-refractivity contribution is 5.05. The SMILES string of the molecule is CCC.CCCc1cncc(CC(C)(C)C)n1. The average molecular weight is 236 g/mol. The summed E-state index contributed by atoms with van der Waals surface area (Å²) in [4.78, 5) is 8.81. The molecule has 0 aliphatic carbocycles. The van der Waals surface area contributed by atoms with Crippen LogP contribution in [0.1, 0.15) is 65.8 Å². The van der Waals surface area contributed by atoms with E-state index in [9.17, 15) is 0 Å². The molecule has 0 unspecified atom stereocenters. The van der Waals surface area contributed by atoms with Crippen LogP contribution in [0.2, 0.25) is 0 Å². The van der Waals surface area contributed by atoms with E-state index in [4.69, 9.17) is 0 Å². The molecule has 1 rings (SSSR count). The Morgan fingerprint density at radius 1 is 1.00 bits per heavy atom. The van der Waals surface area contributed by atoms with Crippen molar-refractivity contribution in [2.24, 2.45) is 5.41 Å². The molecule has 0 fully saturated rings. The van der Waals surface area contributed by atoms with Crippen LogP contribution in [0, 0.1) is 5.41 Å². The Hall–Kier alpha value is -0.920. The van der Waals surface area contributed by atoms with Gasteiger partial charge >= 0.3 is 0 Å². The lowest BCUT2D eigenvalue weighted by Crippen LogP contribution is -2.11. The van der Waals surface area contributed by atoms with Crippen molar-refractivity contribution in [1.29, 1.82) is 0 Å². The largest absolute Gasteiger partial charge is 0.261 e. The first kappa shape index (κ1) is 16.1. The molecule has 1 heterocycles. The van der Waals surface area contributed by atoms with Gasteiger partial charge in [-0.2, -0.15) is 0 Å². The van der Waals surface area contributed by atoms with E-state index in [2.05, 4.69) is 51.5 Å². The molecule has 1 aromatic heterocycles. The summed E-state index contributed by atoms with van der Waals surface area (Å²) in [5.74, 6) is 0. The molecule has 2 nitrogen and oxygen atoms in total. The van der Waals surface area contributed by atoms with E-state index in [0.717, 1.165) is 30.7 Å². The van der Waals surface area contributed by atoms with Crippen LogP contribution in [0.4, 0.5) is 0 Å². The monoisotopic (exact) mass is 236 g/mol. The van der Waals surface area contributed by atoms with Crippen molar-refractivity contribution in [2.75, 3.05) is 0 Å². The van der Waals surface area contributed by atoms with Gasteiger partial charge in [0.15, 0.2) is 0 Å². The summed E-state index contributed by atoms with van der Waals surface area (Å²) in [7, 11) is 0. The third-order valence-electron chi connectivity index (χ3n) is 1.95. The molecule has 0 N–H and O–H groups in total. The highest BCUT2D eigenvalue weighted by Gasteiger charge is 2.12. The Balaban J connectivity index is 0.000000770. The van der Waals surface area contributed by atoms with Crippen molar-refractivity contribution in [1.82, 2.24) is 9.97 Å². The molecule has 0 saturated carbocycles. The first-order chi connectivity index (χ1) is 7.92. The van der Waals surface area contributed by atoms with Crippen molar-refractivity contribution >= 4 is 0 Å². The van der Waals surface area contributed by atoms with Crippen LogP contribution in [0.5, 0.6) is 0 Å². The standard InChI is InChI=1S/C12H20N2.C3H8/c1-5-6-10-8-13-9-11(14-10)7-12(2,3)4;1-3-2/h8-9H,5-7H2,1-4H3;3H2,1-2H3. The fourth-order valence-electron chi connectivity index (χ4n) is 1.46. The Morgan fingerprint density at radius 2 is 1.53 bits per heavy atom. The first-order valence-corrected chi connectivity index (χ1v) is 6.72. The molecule has 0 aliphatic rings. The van der Waals surface area contributed by atoms with Gasteiger partial charge in [0.1, 0.15) is 0 Å². The van der Waals surface area contributed by atoms with Gasteiger partial charge in [-0.3, -0.25) is 9.97 Å². The van der Waals surface area contributed by atoms with E-state index in [-0.39, 0.29) is 0 Å². The predicted molar refractivity (Wildman–Crippen MR) is 75.2 cm³/mol. The van der Waals surface area contributed by atoms with E-state index in [1.54, 1.807) is 0 Å². The molecule has 0 amide bonds. The Labute approximate surface area is 107 Å². The maximum Gasteiger partial charge on any atom is 0.0595 e. The number of nitrogens with zero attached hydrogens (tertiary/aromatic N) is 2. The number of aromatic nitrogens is 2. The molecule has 0 spiro atoms. The summed E-state index contributed by atoms with van der Waals surface area (Å²) < 4.78 is 0. The molecule has 2 heteroatoms. The van der Waals surface area contributed by atoms with Crippen molar-refractivity contribution in [3.05, 3.63) is 23.8 Å². The van der Waals surface area contributed by atoms with Crippen LogP contribution in [-0.4, -0.2) is 9.97 Å². The van der Waals surface area contributed by atoms with Crippen LogP contribution in [0.3, 0.4) is 0 Å². The third kappa shape index (κ3) is 8.84. The second kappa shape index (κ2) is 8.21. The second-order valence-corrected chi connectivity index (χ2v) is 5.70. The van der Waals surface area contributed by atoms with Gasteiger partial charge in [-0.05, 0) is 18.3 Å². The lowest BCUT2D eigenvalue weighted by molar-refractivity contribution is 0.405. The van der Waals surface area contributed by atoms with Gasteiger partial charge in [0.05, 0.1) is 11.4 Å². The summed E-state index contributed by atoms with van der Waals surface area (Å²) in [5, 5.41) is 0. The Morgan fingerprint density at radius 3 is 2.00 bits per heavy atom. The zero-order valence-corrected chi connectivity index (χ0v) is 12.4. The van der Waals surface area contributed by atoms with Crippen molar-refractivity contribution in [2.45, 2.75) is 67.2 Å². The van der Waals surface area contributed by atoms with Gasteiger partial charge in [-0.25, -0.2) is 0 Å². The summed E-state index contributed by atoms with van der Waals surface area (Å²) >= 11 is 0. The Kier molecular flexibility index (Phi) is 7.77.